The third kappa shape index (κ3) is 7.49. The zero-order valence-corrected chi connectivity index (χ0v) is 20.1. The molecule has 3 aromatic rings. The molecule has 3 rings (SSSR count). The summed E-state index contributed by atoms with van der Waals surface area (Å²) < 4.78 is 5.83. The molecule has 0 fully saturated rings. The molecule has 0 aliphatic carbocycles. The summed E-state index contributed by atoms with van der Waals surface area (Å²) in [6.07, 6.45) is 3.06. The van der Waals surface area contributed by atoms with Crippen LogP contribution >= 0.6 is 0 Å². The van der Waals surface area contributed by atoms with Crippen molar-refractivity contribution in [1.29, 1.82) is 0 Å². The molecule has 0 heterocycles. The first-order chi connectivity index (χ1) is 16.4. The Kier molecular flexibility index (Phi) is 9.30. The summed E-state index contributed by atoms with van der Waals surface area (Å²) in [5.41, 5.74) is 9.02. The van der Waals surface area contributed by atoms with Gasteiger partial charge in [0, 0.05) is 0 Å². The van der Waals surface area contributed by atoms with Gasteiger partial charge >= 0.3 is 5.97 Å². The fourth-order valence-corrected chi connectivity index (χ4v) is 3.54. The smallest absolute Gasteiger partial charge is 0.307 e. The van der Waals surface area contributed by atoms with E-state index in [2.05, 4.69) is 61.8 Å². The molecule has 3 aromatic carbocycles. The molecule has 34 heavy (non-hydrogen) atoms. The van der Waals surface area contributed by atoms with Gasteiger partial charge in [-0.25, -0.2) is 0 Å². The van der Waals surface area contributed by atoms with E-state index in [1.807, 2.05) is 43.3 Å². The molecule has 5 heteroatoms. The van der Waals surface area contributed by atoms with Crippen LogP contribution in [0.4, 0.5) is 0 Å². The Morgan fingerprint density at radius 1 is 0.941 bits per heavy atom. The lowest BCUT2D eigenvalue weighted by Crippen LogP contribution is -2.18. The van der Waals surface area contributed by atoms with Crippen molar-refractivity contribution in [2.45, 2.75) is 33.6 Å². The quantitative estimate of drug-likeness (QED) is 0.247. The minimum atomic E-state index is -0.856. The van der Waals surface area contributed by atoms with Gasteiger partial charge in [0.05, 0.1) is 12.1 Å². The minimum absolute atomic E-state index is 0.0197. The number of ether oxygens (including phenoxy) is 1. The van der Waals surface area contributed by atoms with Gasteiger partial charge < -0.3 is 9.84 Å². The zero-order chi connectivity index (χ0) is 24.3. The van der Waals surface area contributed by atoms with E-state index >= 15 is 0 Å². The van der Waals surface area contributed by atoms with Crippen molar-refractivity contribution < 1.29 is 19.5 Å². The highest BCUT2D eigenvalue weighted by atomic mass is 16.7. The van der Waals surface area contributed by atoms with Gasteiger partial charge in [0.15, 0.2) is 0 Å². The van der Waals surface area contributed by atoms with E-state index in [1.165, 1.54) is 11.1 Å². The normalized spacial score (nSPS) is 11.5. The molecule has 0 bridgehead atoms. The third-order valence-corrected chi connectivity index (χ3v) is 5.46. The summed E-state index contributed by atoms with van der Waals surface area (Å²) in [5.74, 6) is 0.351. The summed E-state index contributed by atoms with van der Waals surface area (Å²) in [5, 5.41) is 9.05. The summed E-state index contributed by atoms with van der Waals surface area (Å²) in [6, 6.07) is 24.2. The fraction of sp³-hybridized carbons (Fsp3) is 0.276. The summed E-state index contributed by atoms with van der Waals surface area (Å²) in [4.78, 5) is 16.7. The van der Waals surface area contributed by atoms with Crippen molar-refractivity contribution >= 4 is 11.7 Å². The summed E-state index contributed by atoms with van der Waals surface area (Å²) in [6.45, 7) is 6.92. The van der Waals surface area contributed by atoms with Gasteiger partial charge in [0.2, 0.25) is 0 Å². The van der Waals surface area contributed by atoms with Crippen LogP contribution in [0.3, 0.4) is 0 Å². The second-order valence-corrected chi connectivity index (χ2v) is 8.60. The molecule has 0 saturated heterocycles. The molecule has 0 aliphatic rings. The molecule has 0 unspecified atom stereocenters. The first kappa shape index (κ1) is 25.1. The SMILES string of the molecule is Cc1c(CC(=O)O)cccc1OCCONC(=CCC(C)C)c1ccc(-c2ccccc2)cc1. The fourth-order valence-electron chi connectivity index (χ4n) is 3.54. The minimum Gasteiger partial charge on any atom is -0.491 e. The average Bonchev–Trinajstić information content (AvgIpc) is 2.83. The second kappa shape index (κ2) is 12.6. The van der Waals surface area contributed by atoms with Gasteiger partial charge in [-0.2, -0.15) is 0 Å². The van der Waals surface area contributed by atoms with Gasteiger partial charge in [-0.3, -0.25) is 15.1 Å². The number of allylic oxidation sites excluding steroid dienone is 1. The number of nitrogens with one attached hydrogen (secondary N) is 1. The Morgan fingerprint density at radius 3 is 2.32 bits per heavy atom. The Morgan fingerprint density at radius 2 is 1.65 bits per heavy atom. The van der Waals surface area contributed by atoms with Crippen molar-refractivity contribution in [1.82, 2.24) is 5.48 Å². The van der Waals surface area contributed by atoms with Crippen LogP contribution < -0.4 is 10.2 Å². The van der Waals surface area contributed by atoms with E-state index in [-0.39, 0.29) is 6.42 Å². The standard InChI is InChI=1S/C29H33NO4/c1-21(2)12-17-27(25-15-13-24(14-16-25)23-8-5-4-6-9-23)30-34-19-18-33-28-11-7-10-26(22(28)3)20-29(31)32/h4-11,13-17,21,30H,12,18-20H2,1-3H3,(H,31,32). The lowest BCUT2D eigenvalue weighted by molar-refractivity contribution is -0.136. The van der Waals surface area contributed by atoms with Gasteiger partial charge in [0.1, 0.15) is 19.0 Å². The first-order valence-corrected chi connectivity index (χ1v) is 11.6. The number of carboxylic acids is 1. The Hall–Kier alpha value is -3.57. The number of aliphatic carboxylic acids is 1. The molecule has 2 N–H and O–H groups in total. The maximum Gasteiger partial charge on any atom is 0.307 e. The first-order valence-electron chi connectivity index (χ1n) is 11.6. The Bertz CT molecular complexity index is 1090. The van der Waals surface area contributed by atoms with Crippen LogP contribution in [0.15, 0.2) is 78.9 Å². The molecule has 0 radical (unpaired) electrons. The zero-order valence-electron chi connectivity index (χ0n) is 20.1. The lowest BCUT2D eigenvalue weighted by atomic mass is 10.0. The van der Waals surface area contributed by atoms with Crippen LogP contribution in [-0.4, -0.2) is 24.3 Å². The molecule has 0 aromatic heterocycles. The number of benzene rings is 3. The Labute approximate surface area is 202 Å². The predicted molar refractivity (Wildman–Crippen MR) is 136 cm³/mol. The van der Waals surface area contributed by atoms with Crippen LogP contribution in [-0.2, 0) is 16.1 Å². The van der Waals surface area contributed by atoms with Crippen LogP contribution in [0.5, 0.6) is 5.75 Å². The molecular weight excluding hydrogens is 426 g/mol. The Balaban J connectivity index is 1.58. The number of rotatable bonds is 12. The maximum atomic E-state index is 11.0. The topological polar surface area (TPSA) is 67.8 Å². The average molecular weight is 460 g/mol. The predicted octanol–water partition coefficient (Wildman–Crippen LogP) is 6.28. The highest BCUT2D eigenvalue weighted by Crippen LogP contribution is 2.23. The van der Waals surface area contributed by atoms with Gasteiger partial charge in [-0.1, -0.05) is 86.7 Å². The monoisotopic (exact) mass is 459 g/mol. The van der Waals surface area contributed by atoms with Crippen molar-refractivity contribution in [3.05, 3.63) is 95.6 Å². The molecule has 0 atom stereocenters. The van der Waals surface area contributed by atoms with Crippen LogP contribution in [0.2, 0.25) is 0 Å². The van der Waals surface area contributed by atoms with Crippen LogP contribution in [0, 0.1) is 12.8 Å². The van der Waals surface area contributed by atoms with E-state index < -0.39 is 5.97 Å². The molecule has 5 nitrogen and oxygen atoms in total. The van der Waals surface area contributed by atoms with Crippen molar-refractivity contribution in [3.63, 3.8) is 0 Å². The number of hydroxylamine groups is 1. The van der Waals surface area contributed by atoms with Crippen molar-refractivity contribution in [2.24, 2.45) is 5.92 Å². The number of hydrogen-bond donors (Lipinski definition) is 2. The number of carboxylic acid groups (broad SMARTS) is 1. The highest BCUT2D eigenvalue weighted by molar-refractivity contribution is 5.71. The van der Waals surface area contributed by atoms with E-state index in [0.717, 1.165) is 28.8 Å². The molecule has 178 valence electrons. The van der Waals surface area contributed by atoms with Crippen molar-refractivity contribution in [3.8, 4) is 16.9 Å². The number of carbonyl (C=O) groups is 1. The van der Waals surface area contributed by atoms with Crippen LogP contribution in [0.25, 0.3) is 16.8 Å². The van der Waals surface area contributed by atoms with E-state index in [0.29, 0.717) is 24.9 Å². The second-order valence-electron chi connectivity index (χ2n) is 8.60. The summed E-state index contributed by atoms with van der Waals surface area (Å²) in [7, 11) is 0. The van der Waals surface area contributed by atoms with Gasteiger partial charge in [-0.15, -0.1) is 0 Å². The van der Waals surface area contributed by atoms with Crippen LogP contribution in [0.1, 0.15) is 37.0 Å². The molecule has 0 spiro atoms. The van der Waals surface area contributed by atoms with E-state index in [1.54, 1.807) is 0 Å². The summed E-state index contributed by atoms with van der Waals surface area (Å²) >= 11 is 0. The number of hydrogen-bond acceptors (Lipinski definition) is 4. The van der Waals surface area contributed by atoms with Gasteiger partial charge in [0.25, 0.3) is 0 Å². The maximum absolute atomic E-state index is 11.0. The largest absolute Gasteiger partial charge is 0.491 e. The third-order valence-electron chi connectivity index (χ3n) is 5.46. The van der Waals surface area contributed by atoms with Crippen molar-refractivity contribution in [2.75, 3.05) is 13.2 Å². The molecular formula is C29H33NO4. The van der Waals surface area contributed by atoms with E-state index in [9.17, 15) is 4.79 Å². The van der Waals surface area contributed by atoms with E-state index in [4.69, 9.17) is 14.7 Å². The lowest BCUT2D eigenvalue weighted by Gasteiger charge is -2.15. The highest BCUT2D eigenvalue weighted by Gasteiger charge is 2.09. The molecule has 0 amide bonds. The molecule has 0 saturated carbocycles. The molecule has 0 aliphatic heterocycles. The van der Waals surface area contributed by atoms with Gasteiger partial charge in [-0.05, 0) is 53.1 Å².